The molecule has 1 saturated heterocycles. The summed E-state index contributed by atoms with van der Waals surface area (Å²) >= 11 is 0. The van der Waals surface area contributed by atoms with Crippen molar-refractivity contribution in [2.75, 3.05) is 37.7 Å². The highest BCUT2D eigenvalue weighted by molar-refractivity contribution is 5.74. The van der Waals surface area contributed by atoms with Crippen molar-refractivity contribution in [1.82, 2.24) is 30.0 Å². The second kappa shape index (κ2) is 10.8. The number of alkyl halides is 3. The van der Waals surface area contributed by atoms with Gasteiger partial charge in [-0.2, -0.15) is 18.3 Å². The van der Waals surface area contributed by atoms with Crippen molar-refractivity contribution in [3.05, 3.63) is 59.9 Å². The number of pyridine rings is 1. The van der Waals surface area contributed by atoms with Gasteiger partial charge in [-0.3, -0.25) is 4.98 Å². The van der Waals surface area contributed by atoms with E-state index in [1.165, 1.54) is 6.07 Å². The third-order valence-corrected chi connectivity index (χ3v) is 5.80. The summed E-state index contributed by atoms with van der Waals surface area (Å²) in [6.45, 7) is 6.82. The lowest BCUT2D eigenvalue weighted by molar-refractivity contribution is -0.141. The maximum absolute atomic E-state index is 12.7. The van der Waals surface area contributed by atoms with Gasteiger partial charge in [0.05, 0.1) is 6.61 Å². The van der Waals surface area contributed by atoms with Crippen molar-refractivity contribution in [1.29, 1.82) is 0 Å². The average Bonchev–Trinajstić information content (AvgIpc) is 3.13. The Morgan fingerprint density at radius 1 is 1.11 bits per heavy atom. The topological polar surface area (TPSA) is 88.4 Å². The number of aryl methyl sites for hydroxylation is 1. The number of aromatic nitrogens is 4. The molecule has 192 valence electrons. The molecule has 9 nitrogen and oxygen atoms in total. The lowest BCUT2D eigenvalue weighted by Gasteiger charge is -2.25. The Hall–Kier alpha value is -3.83. The summed E-state index contributed by atoms with van der Waals surface area (Å²) in [5.41, 5.74) is 1.33. The first-order chi connectivity index (χ1) is 17.2. The molecule has 36 heavy (non-hydrogen) atoms. The number of rotatable bonds is 6. The molecule has 3 aromatic rings. The molecule has 4 rings (SSSR count). The lowest BCUT2D eigenvalue weighted by atomic mass is 10.2. The predicted molar refractivity (Wildman–Crippen MR) is 127 cm³/mol. The molecule has 0 radical (unpaired) electrons. The zero-order chi connectivity index (χ0) is 25.7. The maximum Gasteiger partial charge on any atom is 0.433 e. The van der Waals surface area contributed by atoms with Crippen LogP contribution in [-0.2, 0) is 12.7 Å². The standard InChI is InChI=1S/C24H28F3N7O2/c1-3-36-21-13-19(6-7-20(21)34-16-30-17(2)31-34)32-9-4-10-33(12-11-32)23(35)29-15-18-5-8-22(28-14-18)24(25,26)27/h5-8,13-14,16H,3-4,9-12,15H2,1-2H3,(H,29,35). The van der Waals surface area contributed by atoms with E-state index in [4.69, 9.17) is 4.74 Å². The Morgan fingerprint density at radius 3 is 2.61 bits per heavy atom. The Morgan fingerprint density at radius 2 is 1.94 bits per heavy atom. The van der Waals surface area contributed by atoms with Crippen molar-refractivity contribution >= 4 is 11.7 Å². The molecule has 2 aromatic heterocycles. The molecule has 0 atom stereocenters. The van der Waals surface area contributed by atoms with Crippen LogP contribution in [0.5, 0.6) is 5.75 Å². The fourth-order valence-electron chi connectivity index (χ4n) is 3.99. The third kappa shape index (κ3) is 6.04. The van der Waals surface area contributed by atoms with Crippen LogP contribution in [0.2, 0.25) is 0 Å². The first kappa shape index (κ1) is 25.3. The largest absolute Gasteiger partial charge is 0.492 e. The van der Waals surface area contributed by atoms with Gasteiger partial charge in [0, 0.05) is 50.7 Å². The summed E-state index contributed by atoms with van der Waals surface area (Å²) in [6, 6.07) is 7.90. The van der Waals surface area contributed by atoms with E-state index in [1.807, 2.05) is 32.0 Å². The van der Waals surface area contributed by atoms with Crippen LogP contribution in [0.1, 0.15) is 30.4 Å². The van der Waals surface area contributed by atoms with Crippen molar-refractivity contribution in [3.63, 3.8) is 0 Å². The van der Waals surface area contributed by atoms with E-state index >= 15 is 0 Å². The van der Waals surface area contributed by atoms with E-state index in [-0.39, 0.29) is 12.6 Å². The van der Waals surface area contributed by atoms with Gasteiger partial charge in [-0.1, -0.05) is 6.07 Å². The molecule has 0 aliphatic carbocycles. The summed E-state index contributed by atoms with van der Waals surface area (Å²) in [5, 5.41) is 7.15. The number of halogens is 3. The van der Waals surface area contributed by atoms with Gasteiger partial charge in [-0.05, 0) is 44.0 Å². The van der Waals surface area contributed by atoms with E-state index in [0.717, 1.165) is 36.6 Å². The highest BCUT2D eigenvalue weighted by Gasteiger charge is 2.32. The van der Waals surface area contributed by atoms with Crippen molar-refractivity contribution in [2.45, 2.75) is 33.0 Å². The fourth-order valence-corrected chi connectivity index (χ4v) is 3.99. The van der Waals surface area contributed by atoms with Gasteiger partial charge in [0.2, 0.25) is 0 Å². The zero-order valence-electron chi connectivity index (χ0n) is 20.1. The number of hydrogen-bond donors (Lipinski definition) is 1. The van der Waals surface area contributed by atoms with E-state index in [0.29, 0.717) is 43.4 Å². The normalized spacial score (nSPS) is 14.5. The van der Waals surface area contributed by atoms with Crippen LogP contribution in [0.25, 0.3) is 5.69 Å². The summed E-state index contributed by atoms with van der Waals surface area (Å²) in [6.07, 6.45) is -0.939. The molecule has 1 fully saturated rings. The summed E-state index contributed by atoms with van der Waals surface area (Å²) < 4.78 is 45.6. The number of nitrogens with zero attached hydrogens (tertiary/aromatic N) is 6. The molecule has 0 saturated carbocycles. The van der Waals surface area contributed by atoms with Crippen LogP contribution in [-0.4, -0.2) is 63.5 Å². The third-order valence-electron chi connectivity index (χ3n) is 5.80. The molecule has 2 amide bonds. The Kier molecular flexibility index (Phi) is 7.61. The molecule has 12 heteroatoms. The molecule has 1 aromatic carbocycles. The van der Waals surface area contributed by atoms with Crippen LogP contribution in [0.3, 0.4) is 0 Å². The number of anilines is 1. The number of amides is 2. The monoisotopic (exact) mass is 503 g/mol. The highest BCUT2D eigenvalue weighted by atomic mass is 19.4. The molecule has 0 bridgehead atoms. The van der Waals surface area contributed by atoms with Crippen LogP contribution in [0.15, 0.2) is 42.9 Å². The Labute approximate surface area is 206 Å². The number of carbonyl (C=O) groups excluding carboxylic acids is 1. The molecule has 3 heterocycles. The van der Waals surface area contributed by atoms with Gasteiger partial charge in [0.1, 0.15) is 29.3 Å². The quantitative estimate of drug-likeness (QED) is 0.551. The summed E-state index contributed by atoms with van der Waals surface area (Å²) in [4.78, 5) is 24.2. The molecule has 0 spiro atoms. The van der Waals surface area contributed by atoms with Gasteiger partial charge in [-0.25, -0.2) is 14.5 Å². The second-order valence-electron chi connectivity index (χ2n) is 8.36. The first-order valence-electron chi connectivity index (χ1n) is 11.7. The highest BCUT2D eigenvalue weighted by Crippen LogP contribution is 2.29. The van der Waals surface area contributed by atoms with Crippen LogP contribution >= 0.6 is 0 Å². The Bertz CT molecular complexity index is 1180. The summed E-state index contributed by atoms with van der Waals surface area (Å²) in [7, 11) is 0. The van der Waals surface area contributed by atoms with Crippen molar-refractivity contribution < 1.29 is 22.7 Å². The number of hydrogen-bond acceptors (Lipinski definition) is 6. The van der Waals surface area contributed by atoms with Crippen molar-refractivity contribution in [3.8, 4) is 11.4 Å². The molecule has 1 aliphatic rings. The van der Waals surface area contributed by atoms with Gasteiger partial charge < -0.3 is 19.9 Å². The SMILES string of the molecule is CCOc1cc(N2CCCN(C(=O)NCc3ccc(C(F)(F)F)nc3)CC2)ccc1-n1cnc(C)n1. The number of urea groups is 1. The lowest BCUT2D eigenvalue weighted by Crippen LogP contribution is -2.41. The second-order valence-corrected chi connectivity index (χ2v) is 8.36. The average molecular weight is 504 g/mol. The molecule has 1 N–H and O–H groups in total. The number of benzene rings is 1. The van der Waals surface area contributed by atoms with E-state index < -0.39 is 11.9 Å². The van der Waals surface area contributed by atoms with E-state index in [9.17, 15) is 18.0 Å². The number of carbonyl (C=O) groups is 1. The van der Waals surface area contributed by atoms with Crippen LogP contribution in [0, 0.1) is 6.92 Å². The van der Waals surface area contributed by atoms with Gasteiger partial charge in [0.25, 0.3) is 0 Å². The van der Waals surface area contributed by atoms with E-state index in [2.05, 4.69) is 25.3 Å². The minimum absolute atomic E-state index is 0.102. The first-order valence-corrected chi connectivity index (χ1v) is 11.7. The van der Waals surface area contributed by atoms with Gasteiger partial charge in [-0.15, -0.1) is 0 Å². The smallest absolute Gasteiger partial charge is 0.433 e. The molecule has 0 unspecified atom stereocenters. The van der Waals surface area contributed by atoms with Crippen LogP contribution < -0.4 is 15.0 Å². The van der Waals surface area contributed by atoms with Gasteiger partial charge >= 0.3 is 12.2 Å². The summed E-state index contributed by atoms with van der Waals surface area (Å²) in [5.74, 6) is 1.37. The number of nitrogens with one attached hydrogen (secondary N) is 1. The Balaban J connectivity index is 1.36. The van der Waals surface area contributed by atoms with Crippen LogP contribution in [0.4, 0.5) is 23.7 Å². The number of ether oxygens (including phenoxy) is 1. The maximum atomic E-state index is 12.7. The minimum Gasteiger partial charge on any atom is -0.492 e. The van der Waals surface area contributed by atoms with E-state index in [1.54, 1.807) is 15.9 Å². The fraction of sp³-hybridized carbons (Fsp3) is 0.417. The molecule has 1 aliphatic heterocycles. The van der Waals surface area contributed by atoms with Gasteiger partial charge in [0.15, 0.2) is 0 Å². The van der Waals surface area contributed by atoms with Crippen molar-refractivity contribution in [2.24, 2.45) is 0 Å². The molecular formula is C24H28F3N7O2. The predicted octanol–water partition coefficient (Wildman–Crippen LogP) is 3.81. The molecular weight excluding hydrogens is 475 g/mol. The minimum atomic E-state index is -4.49. The zero-order valence-corrected chi connectivity index (χ0v) is 20.1.